The van der Waals surface area contributed by atoms with Gasteiger partial charge in [0.1, 0.15) is 11.6 Å². The van der Waals surface area contributed by atoms with Gasteiger partial charge in [0.15, 0.2) is 0 Å². The summed E-state index contributed by atoms with van der Waals surface area (Å²) in [5.74, 6) is 1.39. The Morgan fingerprint density at radius 2 is 0.694 bits per heavy atom. The third-order valence-electron chi connectivity index (χ3n) is 6.77. The highest BCUT2D eigenvalue weighted by Crippen LogP contribution is 2.39. The minimum atomic E-state index is -0.988. The summed E-state index contributed by atoms with van der Waals surface area (Å²) in [6, 6.07) is 15.5. The highest BCUT2D eigenvalue weighted by molar-refractivity contribution is 5.83. The van der Waals surface area contributed by atoms with E-state index in [1.54, 1.807) is 12.2 Å². The third kappa shape index (κ3) is 3.38. The Balaban J connectivity index is 1.60. The molecule has 8 heteroatoms. The predicted molar refractivity (Wildman–Crippen MR) is 145 cm³/mol. The summed E-state index contributed by atoms with van der Waals surface area (Å²) >= 11 is 0. The molecule has 0 aliphatic carbocycles. The number of anilines is 4. The smallest absolute Gasteiger partial charge is 0.237 e. The second-order valence-corrected chi connectivity index (χ2v) is 8.74. The van der Waals surface area contributed by atoms with E-state index in [1.165, 1.54) is 12.2 Å². The average molecular weight is 481 g/mol. The molecule has 0 atom stereocenters. The van der Waals surface area contributed by atoms with Crippen LogP contribution in [0.25, 0.3) is 12.2 Å². The van der Waals surface area contributed by atoms with Gasteiger partial charge in [0.2, 0.25) is 21.7 Å². The summed E-state index contributed by atoms with van der Waals surface area (Å²) in [4.78, 5) is 59.0. The minimum Gasteiger partial charge on any atom is -0.329 e. The van der Waals surface area contributed by atoms with E-state index in [-0.39, 0.29) is 0 Å². The Morgan fingerprint density at radius 1 is 0.444 bits per heavy atom. The summed E-state index contributed by atoms with van der Waals surface area (Å²) in [5.41, 5.74) is -0.116. The largest absolute Gasteiger partial charge is 0.329 e. The molecular formula is C28H24N4O4. The van der Waals surface area contributed by atoms with Crippen LogP contribution in [0.4, 0.5) is 22.7 Å². The van der Waals surface area contributed by atoms with E-state index in [1.807, 2.05) is 96.3 Å². The highest BCUT2D eigenvalue weighted by atomic mass is 16.2. The Bertz CT molecular complexity index is 1550. The van der Waals surface area contributed by atoms with Gasteiger partial charge in [0, 0.05) is 28.2 Å². The summed E-state index contributed by atoms with van der Waals surface area (Å²) in [6.45, 7) is 0. The molecular weight excluding hydrogens is 456 g/mol. The van der Waals surface area contributed by atoms with Crippen molar-refractivity contribution in [2.75, 3.05) is 47.8 Å². The average Bonchev–Trinajstić information content (AvgIpc) is 3.28. The molecule has 0 radical (unpaired) electrons. The molecule has 3 aromatic carbocycles. The normalized spacial score (nSPS) is 14.2. The van der Waals surface area contributed by atoms with Crippen molar-refractivity contribution in [3.8, 4) is 0 Å². The summed E-state index contributed by atoms with van der Waals surface area (Å²) < 4.78 is 0. The van der Waals surface area contributed by atoms with Crippen molar-refractivity contribution in [1.29, 1.82) is 0 Å². The Hall–Kier alpha value is -4.72. The zero-order valence-electron chi connectivity index (χ0n) is 20.4. The van der Waals surface area contributed by atoms with Crippen LogP contribution in [0.15, 0.2) is 91.5 Å². The number of nitrogens with zero attached hydrogens (tertiary/aromatic N) is 4. The molecule has 2 aliphatic heterocycles. The number of benzene rings is 3. The Labute approximate surface area is 206 Å². The van der Waals surface area contributed by atoms with Gasteiger partial charge in [-0.3, -0.25) is 19.2 Å². The molecule has 36 heavy (non-hydrogen) atoms. The van der Waals surface area contributed by atoms with Gasteiger partial charge in [-0.1, -0.05) is 24.3 Å². The van der Waals surface area contributed by atoms with E-state index in [9.17, 15) is 19.2 Å². The quantitative estimate of drug-likeness (QED) is 0.489. The molecule has 0 saturated carbocycles. The van der Waals surface area contributed by atoms with Crippen molar-refractivity contribution in [3.63, 3.8) is 0 Å². The van der Waals surface area contributed by atoms with Crippen molar-refractivity contribution in [3.05, 3.63) is 124 Å². The summed E-state index contributed by atoms with van der Waals surface area (Å²) in [5, 5.41) is -0.856. The standard InChI is InChI=1S/C28H24N4O4/c1-29-19-9-5-6-10-20(19)30(2)23(29)15-13-17-25(33)27(35)18(28(36)26(17)34)14-16-24-31(3)21-11-7-8-12-22(21)32(24)4/h5-16H,1-4H3. The first-order valence-corrected chi connectivity index (χ1v) is 11.4. The molecule has 0 saturated heterocycles. The monoisotopic (exact) mass is 480 g/mol. The van der Waals surface area contributed by atoms with Crippen LogP contribution in [-0.2, 0) is 0 Å². The number of hydrogen-bond acceptors (Lipinski definition) is 8. The molecule has 2 aliphatic rings. The van der Waals surface area contributed by atoms with Crippen LogP contribution in [0.2, 0.25) is 0 Å². The van der Waals surface area contributed by atoms with Gasteiger partial charge in [-0.25, -0.2) is 0 Å². The molecule has 180 valence electrons. The van der Waals surface area contributed by atoms with Crippen LogP contribution in [0.1, 0.15) is 0 Å². The number of allylic oxidation sites excluding steroid dienone is 2. The highest BCUT2D eigenvalue weighted by Gasteiger charge is 2.26. The zero-order valence-corrected chi connectivity index (χ0v) is 20.4. The van der Waals surface area contributed by atoms with Gasteiger partial charge >= 0.3 is 0 Å². The number of rotatable bonds is 2. The molecule has 2 heterocycles. The SMILES string of the molecule is CN1C(=CC=c2c(=O)c(=O)c(=CC=C3N(C)c4ccccc4N3C)c(=O)c2=O)N(C)c2ccccc21. The van der Waals surface area contributed by atoms with Gasteiger partial charge in [0.05, 0.1) is 33.2 Å². The first-order valence-electron chi connectivity index (χ1n) is 11.4. The molecule has 0 bridgehead atoms. The molecule has 0 unspecified atom stereocenters. The van der Waals surface area contributed by atoms with Crippen LogP contribution in [0.3, 0.4) is 0 Å². The van der Waals surface area contributed by atoms with Gasteiger partial charge in [-0.05, 0) is 48.6 Å². The second-order valence-electron chi connectivity index (χ2n) is 8.74. The maximum atomic E-state index is 12.9. The van der Waals surface area contributed by atoms with Gasteiger partial charge < -0.3 is 19.6 Å². The number of hydrogen-bond donors (Lipinski definition) is 0. The molecule has 0 aromatic heterocycles. The third-order valence-corrected chi connectivity index (χ3v) is 6.77. The molecule has 3 aromatic rings. The maximum absolute atomic E-state index is 12.9. The van der Waals surface area contributed by atoms with E-state index in [4.69, 9.17) is 0 Å². The summed E-state index contributed by atoms with van der Waals surface area (Å²) in [7, 11) is 7.43. The van der Waals surface area contributed by atoms with Crippen LogP contribution in [0.5, 0.6) is 0 Å². The first-order chi connectivity index (χ1) is 17.2. The fraction of sp³-hybridized carbons (Fsp3) is 0.143. The first kappa shape index (κ1) is 23.0. The molecule has 0 fully saturated rings. The maximum Gasteiger partial charge on any atom is 0.237 e. The lowest BCUT2D eigenvalue weighted by Gasteiger charge is -2.17. The van der Waals surface area contributed by atoms with Gasteiger partial charge in [0.25, 0.3) is 0 Å². The van der Waals surface area contributed by atoms with Crippen molar-refractivity contribution in [2.24, 2.45) is 0 Å². The Morgan fingerprint density at radius 3 is 0.944 bits per heavy atom. The Kier molecular flexibility index (Phi) is 5.44. The van der Waals surface area contributed by atoms with E-state index in [0.29, 0.717) is 11.6 Å². The van der Waals surface area contributed by atoms with Gasteiger partial charge in [-0.15, -0.1) is 0 Å². The lowest BCUT2D eigenvalue weighted by molar-refractivity contribution is 1.05. The number of fused-ring (bicyclic) bond motifs is 2. The second kappa shape index (κ2) is 8.49. The lowest BCUT2D eigenvalue weighted by atomic mass is 10.2. The van der Waals surface area contributed by atoms with E-state index >= 15 is 0 Å². The van der Waals surface area contributed by atoms with Crippen molar-refractivity contribution in [1.82, 2.24) is 0 Å². The van der Waals surface area contributed by atoms with E-state index in [0.717, 1.165) is 22.7 Å². The van der Waals surface area contributed by atoms with Crippen LogP contribution >= 0.6 is 0 Å². The molecule has 8 nitrogen and oxygen atoms in total. The molecule has 0 spiro atoms. The van der Waals surface area contributed by atoms with Crippen molar-refractivity contribution >= 4 is 34.9 Å². The van der Waals surface area contributed by atoms with Crippen LogP contribution < -0.4 is 51.8 Å². The lowest BCUT2D eigenvalue weighted by Crippen LogP contribution is -2.64. The van der Waals surface area contributed by atoms with E-state index < -0.39 is 32.2 Å². The fourth-order valence-electron chi connectivity index (χ4n) is 4.77. The van der Waals surface area contributed by atoms with Crippen molar-refractivity contribution in [2.45, 2.75) is 0 Å². The van der Waals surface area contributed by atoms with Crippen LogP contribution in [-0.4, -0.2) is 28.2 Å². The topological polar surface area (TPSA) is 81.2 Å². The van der Waals surface area contributed by atoms with Gasteiger partial charge in [-0.2, -0.15) is 0 Å². The number of para-hydroxylation sites is 4. The van der Waals surface area contributed by atoms with Crippen LogP contribution in [0, 0.1) is 0 Å². The minimum absolute atomic E-state index is 0.428. The molecule has 5 rings (SSSR count). The summed E-state index contributed by atoms with van der Waals surface area (Å²) in [6.07, 6.45) is 5.67. The van der Waals surface area contributed by atoms with E-state index in [2.05, 4.69) is 0 Å². The fourth-order valence-corrected chi connectivity index (χ4v) is 4.77. The zero-order chi connectivity index (χ0) is 25.7. The van der Waals surface area contributed by atoms with Crippen molar-refractivity contribution < 1.29 is 0 Å². The predicted octanol–water partition coefficient (Wildman–Crippen LogP) is 0.419. The molecule has 0 N–H and O–H groups in total. The molecule has 0 amide bonds.